The first-order chi connectivity index (χ1) is 16.7. The van der Waals surface area contributed by atoms with E-state index in [1.54, 1.807) is 12.1 Å². The van der Waals surface area contributed by atoms with Gasteiger partial charge in [-0.15, -0.1) is 0 Å². The van der Waals surface area contributed by atoms with E-state index in [4.69, 9.17) is 11.1 Å². The number of benzene rings is 2. The van der Waals surface area contributed by atoms with E-state index in [2.05, 4.69) is 10.3 Å². The van der Waals surface area contributed by atoms with E-state index in [1.165, 1.54) is 0 Å². The average molecular weight is 477 g/mol. The molecule has 8 heteroatoms. The van der Waals surface area contributed by atoms with Crippen molar-refractivity contribution in [2.45, 2.75) is 57.9 Å². The zero-order valence-electron chi connectivity index (χ0n) is 19.9. The number of carboxylic acid groups (broad SMARTS) is 1. The minimum atomic E-state index is -1.11. The number of aromatic nitrogens is 1. The molecule has 0 bridgehead atoms. The largest absolute Gasteiger partial charge is 0.480 e. The SMILES string of the molecule is Cc1c(C(=O)NC(Cc2ccc(CC(=O)CCCCCC(=N)N)cc2)C(=O)O)[nH]c2ccccc12. The number of para-hydroxylation sites is 1. The van der Waals surface area contributed by atoms with E-state index in [9.17, 15) is 19.5 Å². The first-order valence-corrected chi connectivity index (χ1v) is 11.8. The smallest absolute Gasteiger partial charge is 0.326 e. The number of rotatable bonds is 13. The minimum Gasteiger partial charge on any atom is -0.480 e. The number of ketones is 1. The van der Waals surface area contributed by atoms with Crippen LogP contribution >= 0.6 is 0 Å². The van der Waals surface area contributed by atoms with Crippen molar-refractivity contribution in [2.75, 3.05) is 0 Å². The van der Waals surface area contributed by atoms with Gasteiger partial charge in [-0.2, -0.15) is 0 Å². The molecule has 0 spiro atoms. The van der Waals surface area contributed by atoms with Crippen LogP contribution in [-0.2, 0) is 22.4 Å². The molecular formula is C27H32N4O4. The minimum absolute atomic E-state index is 0.130. The van der Waals surface area contributed by atoms with Gasteiger partial charge in [-0.25, -0.2) is 4.79 Å². The van der Waals surface area contributed by atoms with Crippen molar-refractivity contribution in [2.24, 2.45) is 5.73 Å². The Kier molecular flexibility index (Phi) is 8.78. The third-order valence-electron chi connectivity index (χ3n) is 6.06. The molecule has 0 aliphatic rings. The lowest BCUT2D eigenvalue weighted by atomic mass is 10.00. The normalized spacial score (nSPS) is 11.8. The number of hydrogen-bond acceptors (Lipinski definition) is 4. The Hall–Kier alpha value is -3.94. The second kappa shape index (κ2) is 12.0. The molecule has 35 heavy (non-hydrogen) atoms. The summed E-state index contributed by atoms with van der Waals surface area (Å²) in [6, 6.07) is 13.7. The topological polar surface area (TPSA) is 149 Å². The summed E-state index contributed by atoms with van der Waals surface area (Å²) in [5, 5.41) is 20.4. The standard InChI is InChI=1S/C27H32N4O4/c1-17-21-8-5-6-9-22(21)30-25(17)26(33)31-23(27(34)35)16-19-13-11-18(12-14-19)15-20(32)7-3-2-4-10-24(28)29/h5-6,8-9,11-14,23,30H,2-4,7,10,15-16H2,1H3,(H3,28,29)(H,31,33)(H,34,35). The molecular weight excluding hydrogens is 444 g/mol. The van der Waals surface area contributed by atoms with Crippen molar-refractivity contribution in [1.82, 2.24) is 10.3 Å². The molecule has 8 nitrogen and oxygen atoms in total. The Morgan fingerprint density at radius 3 is 2.31 bits per heavy atom. The summed E-state index contributed by atoms with van der Waals surface area (Å²) in [4.78, 5) is 39.9. The van der Waals surface area contributed by atoms with Gasteiger partial charge in [0.2, 0.25) is 0 Å². The number of carboxylic acids is 1. The first-order valence-electron chi connectivity index (χ1n) is 11.8. The molecule has 3 rings (SSSR count). The molecule has 1 amide bonds. The van der Waals surface area contributed by atoms with Crippen LogP contribution in [0.15, 0.2) is 48.5 Å². The summed E-state index contributed by atoms with van der Waals surface area (Å²) >= 11 is 0. The fourth-order valence-corrected chi connectivity index (χ4v) is 4.10. The highest BCUT2D eigenvalue weighted by atomic mass is 16.4. The van der Waals surface area contributed by atoms with Gasteiger partial charge in [0, 0.05) is 36.6 Å². The van der Waals surface area contributed by atoms with Gasteiger partial charge in [0.15, 0.2) is 0 Å². The van der Waals surface area contributed by atoms with E-state index in [0.717, 1.165) is 46.9 Å². The van der Waals surface area contributed by atoms with Crippen LogP contribution in [0.4, 0.5) is 0 Å². The average Bonchev–Trinajstić information content (AvgIpc) is 3.16. The number of H-pyrrole nitrogens is 1. The number of aromatic amines is 1. The number of aryl methyl sites for hydroxylation is 1. The number of aliphatic carboxylic acids is 1. The van der Waals surface area contributed by atoms with Crippen molar-refractivity contribution in [3.05, 3.63) is 70.9 Å². The molecule has 1 unspecified atom stereocenters. The van der Waals surface area contributed by atoms with Crippen LogP contribution in [0.25, 0.3) is 10.9 Å². The molecule has 184 valence electrons. The van der Waals surface area contributed by atoms with E-state index in [-0.39, 0.29) is 18.0 Å². The third-order valence-corrected chi connectivity index (χ3v) is 6.06. The number of nitrogens with two attached hydrogens (primary N) is 1. The van der Waals surface area contributed by atoms with E-state index < -0.39 is 17.9 Å². The molecule has 1 heterocycles. The number of amidine groups is 1. The Morgan fingerprint density at radius 1 is 1.00 bits per heavy atom. The predicted octanol–water partition coefficient (Wildman–Crippen LogP) is 3.90. The molecule has 3 aromatic rings. The molecule has 2 aromatic carbocycles. The number of fused-ring (bicyclic) bond motifs is 1. The quantitative estimate of drug-likeness (QED) is 0.144. The lowest BCUT2D eigenvalue weighted by Gasteiger charge is -2.15. The molecule has 1 aromatic heterocycles. The lowest BCUT2D eigenvalue weighted by Crippen LogP contribution is -2.42. The summed E-state index contributed by atoms with van der Waals surface area (Å²) in [6.45, 7) is 1.83. The van der Waals surface area contributed by atoms with Crippen LogP contribution in [0, 0.1) is 12.3 Å². The highest BCUT2D eigenvalue weighted by molar-refractivity contribution is 6.02. The number of unbranched alkanes of at least 4 members (excludes halogenated alkanes) is 2. The Labute approximate surface area is 204 Å². The molecule has 0 saturated carbocycles. The van der Waals surface area contributed by atoms with Crippen LogP contribution in [-0.4, -0.2) is 39.6 Å². The molecule has 0 fully saturated rings. The van der Waals surface area contributed by atoms with Gasteiger partial charge in [0.05, 0.1) is 5.84 Å². The van der Waals surface area contributed by atoms with Crippen molar-refractivity contribution in [1.29, 1.82) is 5.41 Å². The molecule has 0 aliphatic heterocycles. The summed E-state index contributed by atoms with van der Waals surface area (Å²) in [5.74, 6) is -1.26. The van der Waals surface area contributed by atoms with Gasteiger partial charge < -0.3 is 21.1 Å². The number of carbonyl (C=O) groups excluding carboxylic acids is 2. The van der Waals surface area contributed by atoms with Crippen LogP contribution in [0.3, 0.4) is 0 Å². The van der Waals surface area contributed by atoms with Gasteiger partial charge in [-0.1, -0.05) is 48.9 Å². The maximum Gasteiger partial charge on any atom is 0.326 e. The first kappa shape index (κ1) is 25.7. The van der Waals surface area contributed by atoms with Crippen molar-refractivity contribution >= 4 is 34.4 Å². The van der Waals surface area contributed by atoms with Crippen LogP contribution in [0.1, 0.15) is 59.3 Å². The second-order valence-electron chi connectivity index (χ2n) is 8.86. The van der Waals surface area contributed by atoms with Crippen LogP contribution in [0.5, 0.6) is 0 Å². The zero-order chi connectivity index (χ0) is 25.4. The summed E-state index contributed by atoms with van der Waals surface area (Å²) in [6.07, 6.45) is 3.97. The maximum atomic E-state index is 12.8. The Morgan fingerprint density at radius 2 is 1.66 bits per heavy atom. The molecule has 0 radical (unpaired) electrons. The van der Waals surface area contributed by atoms with Gasteiger partial charge in [-0.3, -0.25) is 15.0 Å². The summed E-state index contributed by atoms with van der Waals surface area (Å²) in [5.41, 5.74) is 8.90. The third kappa shape index (κ3) is 7.27. The van der Waals surface area contributed by atoms with Crippen molar-refractivity contribution < 1.29 is 19.5 Å². The molecule has 1 atom stereocenters. The van der Waals surface area contributed by atoms with Gasteiger partial charge in [-0.05, 0) is 42.5 Å². The van der Waals surface area contributed by atoms with Crippen LogP contribution in [0.2, 0.25) is 0 Å². The second-order valence-corrected chi connectivity index (χ2v) is 8.86. The fraction of sp³-hybridized carbons (Fsp3) is 0.333. The Balaban J connectivity index is 1.55. The van der Waals surface area contributed by atoms with E-state index >= 15 is 0 Å². The lowest BCUT2D eigenvalue weighted by molar-refractivity contribution is -0.139. The number of carbonyl (C=O) groups is 3. The highest BCUT2D eigenvalue weighted by Gasteiger charge is 2.23. The monoisotopic (exact) mass is 476 g/mol. The maximum absolute atomic E-state index is 12.8. The van der Waals surface area contributed by atoms with Crippen molar-refractivity contribution in [3.63, 3.8) is 0 Å². The van der Waals surface area contributed by atoms with E-state index in [1.807, 2.05) is 43.3 Å². The Bertz CT molecular complexity index is 1210. The fourth-order valence-electron chi connectivity index (χ4n) is 4.10. The van der Waals surface area contributed by atoms with Crippen LogP contribution < -0.4 is 11.1 Å². The van der Waals surface area contributed by atoms with Crippen molar-refractivity contribution in [3.8, 4) is 0 Å². The van der Waals surface area contributed by atoms with E-state index in [0.29, 0.717) is 25.0 Å². The number of Topliss-reactive ketones (excluding diaryl/α,β-unsaturated/α-hetero) is 1. The van der Waals surface area contributed by atoms with Gasteiger partial charge >= 0.3 is 5.97 Å². The highest BCUT2D eigenvalue weighted by Crippen LogP contribution is 2.21. The molecule has 0 aliphatic carbocycles. The molecule has 6 N–H and O–H groups in total. The number of amides is 1. The summed E-state index contributed by atoms with van der Waals surface area (Å²) in [7, 11) is 0. The molecule has 0 saturated heterocycles. The summed E-state index contributed by atoms with van der Waals surface area (Å²) < 4.78 is 0. The number of hydrogen-bond donors (Lipinski definition) is 5. The van der Waals surface area contributed by atoms with Gasteiger partial charge in [0.25, 0.3) is 5.91 Å². The number of nitrogens with one attached hydrogen (secondary N) is 3. The zero-order valence-corrected chi connectivity index (χ0v) is 19.9. The predicted molar refractivity (Wildman–Crippen MR) is 136 cm³/mol. The van der Waals surface area contributed by atoms with Gasteiger partial charge in [0.1, 0.15) is 17.5 Å².